The van der Waals surface area contributed by atoms with Crippen LogP contribution < -0.4 is 11.1 Å². The normalized spacial score (nSPS) is 11.9. The minimum atomic E-state index is -0.0732. The van der Waals surface area contributed by atoms with Crippen molar-refractivity contribution in [2.75, 3.05) is 5.32 Å². The zero-order valence-corrected chi connectivity index (χ0v) is 12.3. The summed E-state index contributed by atoms with van der Waals surface area (Å²) in [5, 5.41) is 18.5. The van der Waals surface area contributed by atoms with Crippen LogP contribution in [-0.2, 0) is 11.8 Å². The molecule has 0 saturated carbocycles. The molecule has 0 spiro atoms. The van der Waals surface area contributed by atoms with Crippen molar-refractivity contribution in [3.63, 3.8) is 0 Å². The molecular formula is C13H23N5O2. The summed E-state index contributed by atoms with van der Waals surface area (Å²) >= 11 is 0. The number of oxime groups is 1. The van der Waals surface area contributed by atoms with Crippen LogP contribution in [0.3, 0.4) is 0 Å². The second-order valence-electron chi connectivity index (χ2n) is 4.78. The van der Waals surface area contributed by atoms with Gasteiger partial charge in [-0.1, -0.05) is 31.8 Å². The molecule has 20 heavy (non-hydrogen) atoms. The highest BCUT2D eigenvalue weighted by atomic mass is 16.4. The molecule has 0 saturated heterocycles. The van der Waals surface area contributed by atoms with E-state index >= 15 is 0 Å². The molecule has 0 aliphatic rings. The molecule has 1 heterocycles. The van der Waals surface area contributed by atoms with Gasteiger partial charge in [0.15, 0.2) is 5.84 Å². The lowest BCUT2D eigenvalue weighted by Gasteiger charge is -2.16. The fourth-order valence-corrected chi connectivity index (χ4v) is 2.15. The van der Waals surface area contributed by atoms with Crippen molar-refractivity contribution in [2.45, 2.75) is 39.5 Å². The second kappa shape index (κ2) is 7.52. The van der Waals surface area contributed by atoms with Crippen molar-refractivity contribution < 1.29 is 10.0 Å². The van der Waals surface area contributed by atoms with Gasteiger partial charge in [-0.3, -0.25) is 9.48 Å². The van der Waals surface area contributed by atoms with Crippen LogP contribution in [-0.4, -0.2) is 26.7 Å². The quantitative estimate of drug-likeness (QED) is 0.306. The molecule has 0 aliphatic heterocycles. The molecular weight excluding hydrogens is 258 g/mol. The number of rotatable bonds is 7. The van der Waals surface area contributed by atoms with Gasteiger partial charge in [-0.05, 0) is 12.8 Å². The van der Waals surface area contributed by atoms with Crippen molar-refractivity contribution in [1.29, 1.82) is 0 Å². The van der Waals surface area contributed by atoms with Crippen LogP contribution in [0, 0.1) is 5.92 Å². The summed E-state index contributed by atoms with van der Waals surface area (Å²) in [6.07, 6.45) is 5.05. The van der Waals surface area contributed by atoms with Crippen LogP contribution in [0.5, 0.6) is 0 Å². The van der Waals surface area contributed by atoms with E-state index in [0.717, 1.165) is 25.7 Å². The maximum atomic E-state index is 12.3. The van der Waals surface area contributed by atoms with Gasteiger partial charge in [-0.2, -0.15) is 5.10 Å². The molecule has 0 atom stereocenters. The number of anilines is 1. The number of nitrogens with two attached hydrogens (primary N) is 1. The fraction of sp³-hybridized carbons (Fsp3) is 0.615. The summed E-state index contributed by atoms with van der Waals surface area (Å²) in [5.41, 5.74) is 5.99. The van der Waals surface area contributed by atoms with E-state index in [1.165, 1.54) is 10.9 Å². The first-order chi connectivity index (χ1) is 9.54. The minimum Gasteiger partial charge on any atom is -0.409 e. The van der Waals surface area contributed by atoms with E-state index in [1.54, 1.807) is 7.05 Å². The lowest BCUT2D eigenvalue weighted by molar-refractivity contribution is -0.120. The van der Waals surface area contributed by atoms with Crippen molar-refractivity contribution in [3.05, 3.63) is 11.8 Å². The van der Waals surface area contributed by atoms with Gasteiger partial charge in [0, 0.05) is 13.0 Å². The number of amides is 1. The number of nitrogens with one attached hydrogen (secondary N) is 1. The Morgan fingerprint density at radius 2 is 2.10 bits per heavy atom. The van der Waals surface area contributed by atoms with Gasteiger partial charge >= 0.3 is 0 Å². The molecule has 1 aromatic heterocycles. The number of carbonyl (C=O) groups is 1. The molecule has 1 rings (SSSR count). The molecule has 7 nitrogen and oxygen atoms in total. The Morgan fingerprint density at radius 1 is 1.50 bits per heavy atom. The third-order valence-corrected chi connectivity index (χ3v) is 3.21. The van der Waals surface area contributed by atoms with Crippen molar-refractivity contribution >= 4 is 17.6 Å². The number of nitrogens with zero attached hydrogens (tertiary/aromatic N) is 3. The summed E-state index contributed by atoms with van der Waals surface area (Å²) < 4.78 is 1.50. The Bertz CT molecular complexity index is 475. The Balaban J connectivity index is 2.91. The summed E-state index contributed by atoms with van der Waals surface area (Å²) in [6.45, 7) is 4.11. The minimum absolute atomic E-state index is 0.0277. The SMILES string of the molecule is CCCC(CCC)C(=O)Nc1c(C(N)=NO)cnn1C. The molecule has 1 aromatic rings. The lowest BCUT2D eigenvalue weighted by atomic mass is 9.97. The number of hydrogen-bond donors (Lipinski definition) is 3. The average Bonchev–Trinajstić information content (AvgIpc) is 2.79. The van der Waals surface area contributed by atoms with Gasteiger partial charge in [-0.25, -0.2) is 0 Å². The maximum absolute atomic E-state index is 12.3. The third kappa shape index (κ3) is 3.72. The predicted octanol–water partition coefficient (Wildman–Crippen LogP) is 1.67. The van der Waals surface area contributed by atoms with Gasteiger partial charge in [0.25, 0.3) is 0 Å². The second-order valence-corrected chi connectivity index (χ2v) is 4.78. The summed E-state index contributed by atoms with van der Waals surface area (Å²) in [4.78, 5) is 12.3. The van der Waals surface area contributed by atoms with E-state index in [1.807, 2.05) is 0 Å². The molecule has 0 radical (unpaired) electrons. The summed E-state index contributed by atoms with van der Waals surface area (Å²) in [6, 6.07) is 0. The van der Waals surface area contributed by atoms with Crippen LogP contribution in [0.25, 0.3) is 0 Å². The monoisotopic (exact) mass is 281 g/mol. The van der Waals surface area contributed by atoms with E-state index in [9.17, 15) is 4.79 Å². The van der Waals surface area contributed by atoms with Crippen LogP contribution in [0.1, 0.15) is 45.1 Å². The largest absolute Gasteiger partial charge is 0.409 e. The molecule has 0 unspecified atom stereocenters. The Labute approximate surface area is 118 Å². The van der Waals surface area contributed by atoms with Crippen molar-refractivity contribution in [3.8, 4) is 0 Å². The molecule has 0 bridgehead atoms. The van der Waals surface area contributed by atoms with Crippen LogP contribution in [0.15, 0.2) is 11.4 Å². The van der Waals surface area contributed by atoms with Gasteiger partial charge in [0.05, 0.1) is 11.8 Å². The molecule has 4 N–H and O–H groups in total. The Morgan fingerprint density at radius 3 is 2.60 bits per heavy atom. The van der Waals surface area contributed by atoms with Crippen LogP contribution in [0.2, 0.25) is 0 Å². The van der Waals surface area contributed by atoms with E-state index in [2.05, 4.69) is 29.4 Å². The smallest absolute Gasteiger partial charge is 0.228 e. The van der Waals surface area contributed by atoms with E-state index in [0.29, 0.717) is 11.4 Å². The molecule has 0 fully saturated rings. The molecule has 1 amide bonds. The van der Waals surface area contributed by atoms with Crippen LogP contribution >= 0.6 is 0 Å². The number of amidine groups is 1. The zero-order chi connectivity index (χ0) is 15.1. The van der Waals surface area contributed by atoms with E-state index in [4.69, 9.17) is 10.9 Å². The number of aryl methyl sites for hydroxylation is 1. The lowest BCUT2D eigenvalue weighted by Crippen LogP contribution is -2.26. The average molecular weight is 281 g/mol. The first-order valence-electron chi connectivity index (χ1n) is 6.85. The first-order valence-corrected chi connectivity index (χ1v) is 6.85. The fourth-order valence-electron chi connectivity index (χ4n) is 2.15. The first kappa shape index (κ1) is 16.0. The highest BCUT2D eigenvalue weighted by molar-refractivity contribution is 6.04. The number of aromatic nitrogens is 2. The molecule has 0 aliphatic carbocycles. The predicted molar refractivity (Wildman–Crippen MR) is 77.7 cm³/mol. The topological polar surface area (TPSA) is 106 Å². The standard InChI is InChI=1S/C13H23N5O2/c1-4-6-9(7-5-2)13(19)16-12-10(11(14)17-20)8-15-18(12)3/h8-9,20H,4-7H2,1-3H3,(H2,14,17)(H,16,19). The number of carbonyl (C=O) groups excluding carboxylic acids is 1. The van der Waals surface area contributed by atoms with Gasteiger partial charge in [0.1, 0.15) is 5.82 Å². The van der Waals surface area contributed by atoms with E-state index < -0.39 is 0 Å². The highest BCUT2D eigenvalue weighted by Crippen LogP contribution is 2.19. The zero-order valence-electron chi connectivity index (χ0n) is 12.3. The number of hydrogen-bond acceptors (Lipinski definition) is 4. The van der Waals surface area contributed by atoms with Crippen LogP contribution in [0.4, 0.5) is 5.82 Å². The van der Waals surface area contributed by atoms with Crippen molar-refractivity contribution in [1.82, 2.24) is 9.78 Å². The van der Waals surface area contributed by atoms with Gasteiger partial charge in [0.2, 0.25) is 5.91 Å². The Hall–Kier alpha value is -2.05. The highest BCUT2D eigenvalue weighted by Gasteiger charge is 2.20. The summed E-state index contributed by atoms with van der Waals surface area (Å²) in [7, 11) is 1.69. The molecule has 7 heteroatoms. The van der Waals surface area contributed by atoms with E-state index in [-0.39, 0.29) is 17.7 Å². The van der Waals surface area contributed by atoms with Gasteiger partial charge in [-0.15, -0.1) is 0 Å². The maximum Gasteiger partial charge on any atom is 0.228 e. The van der Waals surface area contributed by atoms with Crippen molar-refractivity contribution in [2.24, 2.45) is 23.9 Å². The third-order valence-electron chi connectivity index (χ3n) is 3.21. The summed E-state index contributed by atoms with van der Waals surface area (Å²) in [5.74, 6) is 0.294. The van der Waals surface area contributed by atoms with Gasteiger partial charge < -0.3 is 16.3 Å². The molecule has 0 aromatic carbocycles. The Kier molecular flexibility index (Phi) is 6.02. The molecule has 112 valence electrons.